The average molecular weight is 587 g/mol. The predicted octanol–water partition coefficient (Wildman–Crippen LogP) is 4.87. The molecule has 1 atom stereocenters. The van der Waals surface area contributed by atoms with Crippen LogP contribution >= 0.6 is 0 Å². The van der Waals surface area contributed by atoms with Gasteiger partial charge in [-0.2, -0.15) is 9.97 Å². The third-order valence-corrected chi connectivity index (χ3v) is 8.61. The van der Waals surface area contributed by atoms with Crippen LogP contribution < -0.4 is 14.5 Å². The number of rotatable bonds is 8. The van der Waals surface area contributed by atoms with Gasteiger partial charge in [-0.15, -0.1) is 0 Å². The normalized spacial score (nSPS) is 18.7. The lowest BCUT2D eigenvalue weighted by molar-refractivity contribution is -0.126. The molecule has 43 heavy (non-hydrogen) atoms. The molecule has 230 valence electrons. The highest BCUT2D eigenvalue weighted by Gasteiger charge is 2.29. The van der Waals surface area contributed by atoms with Gasteiger partial charge in [0, 0.05) is 68.5 Å². The number of carbonyl (C=O) groups excluding carboxylic acids is 1. The summed E-state index contributed by atoms with van der Waals surface area (Å²) in [7, 11) is 0. The van der Waals surface area contributed by atoms with E-state index in [0.29, 0.717) is 45.3 Å². The number of likely N-dealkylation sites (tertiary alicyclic amines) is 1. The Morgan fingerprint density at radius 1 is 1.07 bits per heavy atom. The van der Waals surface area contributed by atoms with Gasteiger partial charge in [-0.1, -0.05) is 51.6 Å². The molecule has 0 saturated carbocycles. The van der Waals surface area contributed by atoms with E-state index in [1.54, 1.807) is 0 Å². The second-order valence-electron chi connectivity index (χ2n) is 11.5. The van der Waals surface area contributed by atoms with Crippen molar-refractivity contribution in [3.63, 3.8) is 0 Å². The largest absolute Gasteiger partial charge is 0.508 e. The van der Waals surface area contributed by atoms with Crippen molar-refractivity contribution in [2.24, 2.45) is 5.92 Å². The van der Waals surface area contributed by atoms with Gasteiger partial charge in [-0.05, 0) is 49.3 Å². The number of aromatic hydroxyl groups is 1. The van der Waals surface area contributed by atoms with Crippen LogP contribution in [-0.4, -0.2) is 89.7 Å². The van der Waals surface area contributed by atoms with Crippen LogP contribution in [0.15, 0.2) is 49.1 Å². The van der Waals surface area contributed by atoms with E-state index in [9.17, 15) is 9.90 Å². The number of ether oxygens (including phenoxy) is 1. The molecule has 1 unspecified atom stereocenters. The first-order valence-corrected chi connectivity index (χ1v) is 15.9. The quantitative estimate of drug-likeness (QED) is 0.296. The summed E-state index contributed by atoms with van der Waals surface area (Å²) in [5.74, 6) is 1.93. The summed E-state index contributed by atoms with van der Waals surface area (Å²) in [6.07, 6.45) is 4.38. The van der Waals surface area contributed by atoms with Crippen LogP contribution in [0, 0.1) is 5.92 Å². The van der Waals surface area contributed by atoms with Crippen LogP contribution in [0.3, 0.4) is 0 Å². The van der Waals surface area contributed by atoms with Crippen molar-refractivity contribution in [3.8, 4) is 11.8 Å². The zero-order valence-corrected chi connectivity index (χ0v) is 26.0. The lowest BCUT2D eigenvalue weighted by Gasteiger charge is -2.38. The van der Waals surface area contributed by atoms with E-state index < -0.39 is 0 Å². The molecule has 1 amide bonds. The summed E-state index contributed by atoms with van der Waals surface area (Å²) >= 11 is 0. The predicted molar refractivity (Wildman–Crippen MR) is 173 cm³/mol. The summed E-state index contributed by atoms with van der Waals surface area (Å²) in [5.41, 5.74) is 3.11. The fraction of sp³-hybridized carbons (Fsp3) is 0.500. The molecule has 3 aromatic rings. The van der Waals surface area contributed by atoms with Gasteiger partial charge in [-0.25, -0.2) is 0 Å². The molecular weight excluding hydrogens is 540 g/mol. The third kappa shape index (κ3) is 7.04. The second kappa shape index (κ2) is 14.1. The number of phenolic OH excluding ortho intramolecular Hbond substituents is 1. The molecular formula is C34H46N6O3. The van der Waals surface area contributed by atoms with Crippen molar-refractivity contribution < 1.29 is 14.6 Å². The number of fused-ring (bicyclic) bond motifs is 2. The molecule has 2 saturated heterocycles. The Morgan fingerprint density at radius 2 is 1.86 bits per heavy atom. The van der Waals surface area contributed by atoms with Crippen molar-refractivity contribution in [2.75, 3.05) is 68.8 Å². The molecule has 0 aliphatic carbocycles. The molecule has 1 N–H and O–H groups in total. The summed E-state index contributed by atoms with van der Waals surface area (Å²) < 4.78 is 6.19. The number of piperazine rings is 1. The molecule has 0 bridgehead atoms. The number of carbonyl (C=O) groups is 1. The molecule has 6 rings (SSSR count). The first-order valence-electron chi connectivity index (χ1n) is 15.9. The molecule has 0 radical (unpaired) electrons. The van der Waals surface area contributed by atoms with Gasteiger partial charge in [0.25, 0.3) is 0 Å². The van der Waals surface area contributed by atoms with Crippen molar-refractivity contribution >= 4 is 28.2 Å². The maximum absolute atomic E-state index is 12.2. The maximum Gasteiger partial charge on any atom is 0.318 e. The van der Waals surface area contributed by atoms with E-state index in [0.717, 1.165) is 65.4 Å². The maximum atomic E-state index is 12.2. The molecule has 2 aromatic carbocycles. The van der Waals surface area contributed by atoms with Gasteiger partial charge in [0.1, 0.15) is 11.6 Å². The fourth-order valence-corrected chi connectivity index (χ4v) is 6.41. The van der Waals surface area contributed by atoms with Crippen LogP contribution in [0.2, 0.25) is 0 Å². The summed E-state index contributed by atoms with van der Waals surface area (Å²) in [4.78, 5) is 30.9. The Morgan fingerprint density at radius 3 is 2.60 bits per heavy atom. The minimum absolute atomic E-state index is 0.0280. The smallest absolute Gasteiger partial charge is 0.318 e. The Labute approximate surface area is 255 Å². The highest BCUT2D eigenvalue weighted by Crippen LogP contribution is 2.36. The SMILES string of the molecule is C=CC(=O)N1CCN(c2nc(OCCCN3CCC(C)C3)nc3c2CCN(c2cc(O)cc4ccccc24)C3)CC1.CC. The van der Waals surface area contributed by atoms with Crippen molar-refractivity contribution in [2.45, 2.75) is 46.6 Å². The van der Waals surface area contributed by atoms with Crippen molar-refractivity contribution in [1.82, 2.24) is 19.8 Å². The first-order chi connectivity index (χ1) is 21.0. The summed E-state index contributed by atoms with van der Waals surface area (Å²) in [6, 6.07) is 12.2. The van der Waals surface area contributed by atoms with E-state index in [2.05, 4.69) is 34.3 Å². The van der Waals surface area contributed by atoms with Crippen LogP contribution in [0.1, 0.15) is 44.9 Å². The van der Waals surface area contributed by atoms with Gasteiger partial charge in [0.05, 0.1) is 18.8 Å². The van der Waals surface area contributed by atoms with E-state index in [1.165, 1.54) is 25.6 Å². The Balaban J connectivity index is 0.00000180. The molecule has 0 spiro atoms. The van der Waals surface area contributed by atoms with Gasteiger partial charge in [0.2, 0.25) is 5.91 Å². The van der Waals surface area contributed by atoms with E-state index >= 15 is 0 Å². The van der Waals surface area contributed by atoms with Gasteiger partial charge < -0.3 is 29.4 Å². The Hall–Kier alpha value is -3.85. The number of hydrogen-bond acceptors (Lipinski definition) is 8. The number of phenols is 1. The number of benzene rings is 2. The lowest BCUT2D eigenvalue weighted by Crippen LogP contribution is -2.49. The zero-order valence-electron chi connectivity index (χ0n) is 26.0. The van der Waals surface area contributed by atoms with Gasteiger partial charge >= 0.3 is 6.01 Å². The van der Waals surface area contributed by atoms with Crippen LogP contribution in [0.25, 0.3) is 10.8 Å². The molecule has 4 heterocycles. The number of hydrogen-bond donors (Lipinski definition) is 1. The number of anilines is 2. The second-order valence-corrected chi connectivity index (χ2v) is 11.5. The van der Waals surface area contributed by atoms with Crippen LogP contribution in [0.4, 0.5) is 11.5 Å². The van der Waals surface area contributed by atoms with E-state index in [-0.39, 0.29) is 11.7 Å². The van der Waals surface area contributed by atoms with Crippen LogP contribution in [-0.2, 0) is 17.8 Å². The Bertz CT molecular complexity index is 1420. The van der Waals surface area contributed by atoms with Gasteiger partial charge in [0.15, 0.2) is 0 Å². The fourth-order valence-electron chi connectivity index (χ4n) is 6.41. The highest BCUT2D eigenvalue weighted by atomic mass is 16.5. The summed E-state index contributed by atoms with van der Waals surface area (Å²) in [5, 5.41) is 12.6. The number of aromatic nitrogens is 2. The average Bonchev–Trinajstić information content (AvgIpc) is 3.47. The van der Waals surface area contributed by atoms with Gasteiger partial charge in [-0.3, -0.25) is 4.79 Å². The Kier molecular flexibility index (Phi) is 10.0. The number of nitrogens with zero attached hydrogens (tertiary/aromatic N) is 6. The first kappa shape index (κ1) is 30.6. The molecule has 9 nitrogen and oxygen atoms in total. The van der Waals surface area contributed by atoms with Crippen molar-refractivity contribution in [3.05, 3.63) is 60.3 Å². The number of amides is 1. The topological polar surface area (TPSA) is 85.3 Å². The lowest BCUT2D eigenvalue weighted by atomic mass is 10.0. The molecule has 9 heteroatoms. The zero-order chi connectivity index (χ0) is 30.3. The molecule has 1 aromatic heterocycles. The highest BCUT2D eigenvalue weighted by molar-refractivity contribution is 5.95. The third-order valence-electron chi connectivity index (χ3n) is 8.61. The minimum Gasteiger partial charge on any atom is -0.508 e. The van der Waals surface area contributed by atoms with E-state index in [1.807, 2.05) is 49.1 Å². The van der Waals surface area contributed by atoms with E-state index in [4.69, 9.17) is 14.7 Å². The standard InChI is InChI=1S/C32H40N6O3.C2H6/c1-3-30(40)36-14-16-37(17-15-36)31-27-10-13-38(29-20-25(39)19-24-7-4-5-8-26(24)29)22-28(27)33-32(34-31)41-18-6-11-35-12-9-23(2)21-35;1-2/h3-5,7-8,19-20,23,39H,1,6,9-18,21-22H2,2H3;1-2H3. The van der Waals surface area contributed by atoms with Crippen molar-refractivity contribution in [1.29, 1.82) is 0 Å². The monoisotopic (exact) mass is 586 g/mol. The molecule has 3 aliphatic heterocycles. The summed E-state index contributed by atoms with van der Waals surface area (Å²) in [6.45, 7) is 18.0. The minimum atomic E-state index is -0.0280. The molecule has 2 fully saturated rings. The molecule has 3 aliphatic rings. The van der Waals surface area contributed by atoms with Crippen LogP contribution in [0.5, 0.6) is 11.8 Å².